The molecule has 196 valence electrons. The van der Waals surface area contributed by atoms with Gasteiger partial charge in [-0.05, 0) is 48.1 Å². The molecule has 37 heavy (non-hydrogen) atoms. The monoisotopic (exact) mass is 509 g/mol. The molecule has 1 N–H and O–H groups in total. The van der Waals surface area contributed by atoms with Gasteiger partial charge in [0.25, 0.3) is 5.91 Å². The third-order valence-electron chi connectivity index (χ3n) is 6.37. The number of nitrogens with one attached hydrogen (secondary N) is 1. The molecule has 3 aromatic rings. The van der Waals surface area contributed by atoms with E-state index >= 15 is 0 Å². The molecule has 1 aromatic heterocycles. The van der Waals surface area contributed by atoms with Crippen LogP contribution in [0.1, 0.15) is 54.7 Å². The zero-order valence-corrected chi connectivity index (χ0v) is 21.7. The predicted molar refractivity (Wildman–Crippen MR) is 141 cm³/mol. The Hall–Kier alpha value is -3.52. The number of ether oxygens (including phenoxy) is 2. The van der Waals surface area contributed by atoms with Gasteiger partial charge < -0.3 is 19.4 Å². The van der Waals surface area contributed by atoms with E-state index in [1.54, 1.807) is 7.11 Å². The van der Waals surface area contributed by atoms with E-state index < -0.39 is 11.6 Å². The fourth-order valence-corrected chi connectivity index (χ4v) is 4.64. The SMILES string of the molecule is COCCOc1ccc2c(C(=O)NCc3ccc(F)c(F)c3)c(C(C)C)n(CC3=CC(C)CC=N3)c2c1. The summed E-state index contributed by atoms with van der Waals surface area (Å²) in [5.41, 5.74) is 3.72. The van der Waals surface area contributed by atoms with E-state index in [0.717, 1.165) is 40.8 Å². The molecule has 0 bridgehead atoms. The molecular formula is C29H33F2N3O3. The Morgan fingerprint density at radius 2 is 1.97 bits per heavy atom. The Bertz CT molecular complexity index is 1340. The van der Waals surface area contributed by atoms with Gasteiger partial charge in [0.15, 0.2) is 11.6 Å². The number of halogens is 2. The van der Waals surface area contributed by atoms with E-state index in [4.69, 9.17) is 9.47 Å². The summed E-state index contributed by atoms with van der Waals surface area (Å²) in [5.74, 6) is -1.04. The quantitative estimate of drug-likeness (QED) is 0.341. The molecule has 6 nitrogen and oxygen atoms in total. The number of aliphatic imine (C=N–C) groups is 1. The summed E-state index contributed by atoms with van der Waals surface area (Å²) in [4.78, 5) is 18.2. The number of amides is 1. The van der Waals surface area contributed by atoms with Crippen molar-refractivity contribution in [1.82, 2.24) is 9.88 Å². The lowest BCUT2D eigenvalue weighted by atomic mass is 10.0. The standard InChI is InChI=1S/C29H33F2N3O3/c1-18(2)28-27(29(35)33-16-20-5-8-24(30)25(31)14-20)23-7-6-22(37-12-11-36-4)15-26(23)34(28)17-21-13-19(3)9-10-32-21/h5-8,10,13-15,18-19H,9,11-12,16-17H2,1-4H3,(H,33,35). The Kier molecular flexibility index (Phi) is 8.38. The van der Waals surface area contributed by atoms with Crippen LogP contribution in [0.4, 0.5) is 8.78 Å². The highest BCUT2D eigenvalue weighted by Gasteiger charge is 2.25. The van der Waals surface area contributed by atoms with Crippen molar-refractivity contribution in [3.05, 3.63) is 76.6 Å². The molecule has 1 atom stereocenters. The highest BCUT2D eigenvalue weighted by molar-refractivity contribution is 6.09. The smallest absolute Gasteiger partial charge is 0.254 e. The molecule has 0 fully saturated rings. The summed E-state index contributed by atoms with van der Waals surface area (Å²) in [6.45, 7) is 7.72. The van der Waals surface area contributed by atoms with Crippen molar-refractivity contribution in [3.8, 4) is 5.75 Å². The van der Waals surface area contributed by atoms with E-state index in [2.05, 4.69) is 27.9 Å². The van der Waals surface area contributed by atoms with Crippen molar-refractivity contribution >= 4 is 23.0 Å². The summed E-state index contributed by atoms with van der Waals surface area (Å²) < 4.78 is 40.1. The van der Waals surface area contributed by atoms with Gasteiger partial charge in [0.05, 0.1) is 29.9 Å². The number of nitrogens with zero attached hydrogens (tertiary/aromatic N) is 2. The molecule has 0 spiro atoms. The lowest BCUT2D eigenvalue weighted by molar-refractivity contribution is 0.0951. The topological polar surface area (TPSA) is 64.8 Å². The summed E-state index contributed by atoms with van der Waals surface area (Å²) >= 11 is 0. The van der Waals surface area contributed by atoms with Gasteiger partial charge in [0, 0.05) is 37.0 Å². The van der Waals surface area contributed by atoms with Crippen molar-refractivity contribution in [3.63, 3.8) is 0 Å². The van der Waals surface area contributed by atoms with Gasteiger partial charge in [-0.3, -0.25) is 9.79 Å². The number of benzene rings is 2. The predicted octanol–water partition coefficient (Wildman–Crippen LogP) is 5.99. The molecule has 0 saturated heterocycles. The Labute approximate surface area is 216 Å². The maximum atomic E-state index is 13.7. The molecule has 2 heterocycles. The number of hydrogen-bond donors (Lipinski definition) is 1. The van der Waals surface area contributed by atoms with Gasteiger partial charge in [-0.15, -0.1) is 0 Å². The van der Waals surface area contributed by atoms with E-state index in [1.165, 1.54) is 6.07 Å². The number of hydrogen-bond acceptors (Lipinski definition) is 4. The van der Waals surface area contributed by atoms with Crippen LogP contribution in [-0.4, -0.2) is 37.0 Å². The minimum absolute atomic E-state index is 0.0277. The van der Waals surface area contributed by atoms with Crippen LogP contribution >= 0.6 is 0 Å². The van der Waals surface area contributed by atoms with E-state index in [-0.39, 0.29) is 18.4 Å². The number of carbonyl (C=O) groups excluding carboxylic acids is 1. The van der Waals surface area contributed by atoms with Gasteiger partial charge in [0.2, 0.25) is 0 Å². The Morgan fingerprint density at radius 3 is 2.68 bits per heavy atom. The average molecular weight is 510 g/mol. The molecule has 2 aromatic carbocycles. The van der Waals surface area contributed by atoms with Crippen LogP contribution in [0.25, 0.3) is 10.9 Å². The van der Waals surface area contributed by atoms with Crippen molar-refractivity contribution in [2.24, 2.45) is 10.9 Å². The summed E-state index contributed by atoms with van der Waals surface area (Å²) in [7, 11) is 1.62. The third kappa shape index (κ3) is 6.07. The second-order valence-electron chi connectivity index (χ2n) is 9.64. The molecule has 1 unspecified atom stereocenters. The van der Waals surface area contributed by atoms with E-state index in [9.17, 15) is 13.6 Å². The number of allylic oxidation sites excluding steroid dienone is 2. The molecular weight excluding hydrogens is 476 g/mol. The van der Waals surface area contributed by atoms with Gasteiger partial charge >= 0.3 is 0 Å². The van der Waals surface area contributed by atoms with Gasteiger partial charge in [-0.2, -0.15) is 0 Å². The van der Waals surface area contributed by atoms with Gasteiger partial charge in [0.1, 0.15) is 12.4 Å². The molecule has 1 aliphatic rings. The van der Waals surface area contributed by atoms with E-state index in [1.807, 2.05) is 38.3 Å². The number of rotatable bonds is 10. The fourth-order valence-electron chi connectivity index (χ4n) is 4.64. The van der Waals surface area contributed by atoms with Crippen LogP contribution < -0.4 is 10.1 Å². The maximum absolute atomic E-state index is 13.7. The minimum Gasteiger partial charge on any atom is -0.491 e. The van der Waals surface area contributed by atoms with Crippen molar-refractivity contribution in [2.45, 2.75) is 46.2 Å². The first kappa shape index (κ1) is 26.5. The minimum atomic E-state index is -0.942. The largest absolute Gasteiger partial charge is 0.491 e. The second-order valence-corrected chi connectivity index (χ2v) is 9.64. The Balaban J connectivity index is 1.75. The van der Waals surface area contributed by atoms with Crippen LogP contribution in [0.2, 0.25) is 0 Å². The summed E-state index contributed by atoms with van der Waals surface area (Å²) in [6.07, 6.45) is 5.01. The lowest BCUT2D eigenvalue weighted by Gasteiger charge is -2.18. The first-order valence-corrected chi connectivity index (χ1v) is 12.5. The van der Waals surface area contributed by atoms with Crippen LogP contribution in [0.15, 0.2) is 53.2 Å². The second kappa shape index (κ2) is 11.7. The third-order valence-corrected chi connectivity index (χ3v) is 6.37. The number of carbonyl (C=O) groups is 1. The van der Waals surface area contributed by atoms with E-state index in [0.29, 0.717) is 42.6 Å². The van der Waals surface area contributed by atoms with Crippen molar-refractivity contribution in [1.29, 1.82) is 0 Å². The summed E-state index contributed by atoms with van der Waals surface area (Å²) in [6, 6.07) is 9.31. The lowest BCUT2D eigenvalue weighted by Crippen LogP contribution is -2.24. The van der Waals surface area contributed by atoms with Crippen LogP contribution in [0.5, 0.6) is 5.75 Å². The Morgan fingerprint density at radius 1 is 1.16 bits per heavy atom. The van der Waals surface area contributed by atoms with Crippen molar-refractivity contribution in [2.75, 3.05) is 20.3 Å². The van der Waals surface area contributed by atoms with Crippen LogP contribution in [0, 0.1) is 17.6 Å². The van der Waals surface area contributed by atoms with Crippen LogP contribution in [0.3, 0.4) is 0 Å². The molecule has 0 aliphatic carbocycles. The molecule has 1 amide bonds. The number of methoxy groups -OCH3 is 1. The average Bonchev–Trinajstić information content (AvgIpc) is 3.18. The molecule has 1 aliphatic heterocycles. The summed E-state index contributed by atoms with van der Waals surface area (Å²) in [5, 5.41) is 3.69. The fraction of sp³-hybridized carbons (Fsp3) is 0.379. The van der Waals surface area contributed by atoms with Gasteiger partial charge in [-0.25, -0.2) is 8.78 Å². The molecule has 8 heteroatoms. The first-order chi connectivity index (χ1) is 17.8. The van der Waals surface area contributed by atoms with Gasteiger partial charge in [-0.1, -0.05) is 32.9 Å². The molecule has 0 saturated carbocycles. The number of fused-ring (bicyclic) bond motifs is 1. The normalized spacial score (nSPS) is 15.3. The first-order valence-electron chi connectivity index (χ1n) is 12.5. The zero-order chi connectivity index (χ0) is 26.5. The molecule has 4 rings (SSSR count). The zero-order valence-electron chi connectivity index (χ0n) is 21.7. The highest BCUT2D eigenvalue weighted by atomic mass is 19.2. The van der Waals surface area contributed by atoms with Crippen LogP contribution in [-0.2, 0) is 17.8 Å². The number of aromatic nitrogens is 1. The van der Waals surface area contributed by atoms with Crippen molar-refractivity contribution < 1.29 is 23.0 Å². The highest BCUT2D eigenvalue weighted by Crippen LogP contribution is 2.35. The maximum Gasteiger partial charge on any atom is 0.254 e. The molecule has 0 radical (unpaired) electrons.